The summed E-state index contributed by atoms with van der Waals surface area (Å²) in [5.74, 6) is 0.278. The second kappa shape index (κ2) is 10.9. The molecule has 6 unspecified atom stereocenters. The van der Waals surface area contributed by atoms with Gasteiger partial charge >= 0.3 is 5.97 Å². The first-order valence-electron chi connectivity index (χ1n) is 10.3. The fourth-order valence-electron chi connectivity index (χ4n) is 4.39. The summed E-state index contributed by atoms with van der Waals surface area (Å²) in [7, 11) is 0. The lowest BCUT2D eigenvalue weighted by Gasteiger charge is -2.21. The van der Waals surface area contributed by atoms with Crippen LogP contribution in [0.25, 0.3) is 0 Å². The molecular weight excluding hydrogens is 348 g/mol. The van der Waals surface area contributed by atoms with Crippen molar-refractivity contribution < 1.29 is 29.3 Å². The van der Waals surface area contributed by atoms with Crippen LogP contribution in [0.2, 0.25) is 0 Å². The zero-order chi connectivity index (χ0) is 19.8. The average molecular weight is 382 g/mol. The summed E-state index contributed by atoms with van der Waals surface area (Å²) in [6.07, 6.45) is 7.16. The number of aliphatic hydroxyl groups is 2. The number of ketones is 1. The first-order chi connectivity index (χ1) is 13.0. The van der Waals surface area contributed by atoms with Crippen molar-refractivity contribution in [3.63, 3.8) is 0 Å². The van der Waals surface area contributed by atoms with Crippen molar-refractivity contribution in [2.75, 3.05) is 19.8 Å². The Hall–Kier alpha value is -1.24. The maximum Gasteiger partial charge on any atom is 0.332 e. The molecule has 2 rings (SSSR count). The Bertz CT molecular complexity index is 517. The molecule has 2 saturated carbocycles. The second-order valence-electron chi connectivity index (χ2n) is 7.68. The van der Waals surface area contributed by atoms with E-state index in [0.717, 1.165) is 19.3 Å². The smallest absolute Gasteiger partial charge is 0.332 e. The maximum absolute atomic E-state index is 12.2. The molecular formula is C21H34O6. The van der Waals surface area contributed by atoms with Crippen molar-refractivity contribution in [3.8, 4) is 0 Å². The Morgan fingerprint density at radius 1 is 1.26 bits per heavy atom. The number of hydrogen-bond acceptors (Lipinski definition) is 6. The third-order valence-corrected chi connectivity index (χ3v) is 5.80. The molecule has 0 heterocycles. The van der Waals surface area contributed by atoms with Crippen molar-refractivity contribution in [1.29, 1.82) is 0 Å². The van der Waals surface area contributed by atoms with Crippen molar-refractivity contribution in [3.05, 3.63) is 12.2 Å². The standard InChI is InChI=1S/C21H34O6/c1-3-5-6-10-16(22)21(25)20-15-12-17(23)14(19(15)20)9-7-8-11-26-13-18(24)27-4-2/h7-8,14-16,19-22,25H,3-6,9-13H2,1-2H3/b8-7-. The van der Waals surface area contributed by atoms with E-state index in [-0.39, 0.29) is 42.0 Å². The van der Waals surface area contributed by atoms with Gasteiger partial charge in [0.1, 0.15) is 12.4 Å². The van der Waals surface area contributed by atoms with Crippen molar-refractivity contribution in [2.45, 2.75) is 64.6 Å². The second-order valence-corrected chi connectivity index (χ2v) is 7.68. The van der Waals surface area contributed by atoms with Gasteiger partial charge in [0.25, 0.3) is 0 Å². The third kappa shape index (κ3) is 6.13. The predicted octanol–water partition coefficient (Wildman–Crippen LogP) is 2.27. The topological polar surface area (TPSA) is 93.1 Å². The van der Waals surface area contributed by atoms with Crippen LogP contribution in [0.4, 0.5) is 0 Å². The molecule has 0 aromatic rings. The summed E-state index contributed by atoms with van der Waals surface area (Å²) >= 11 is 0. The number of ether oxygens (including phenoxy) is 2. The van der Waals surface area contributed by atoms with Crippen LogP contribution < -0.4 is 0 Å². The Labute approximate surface area is 161 Å². The molecule has 0 aliphatic heterocycles. The number of carbonyl (C=O) groups is 2. The van der Waals surface area contributed by atoms with E-state index in [0.29, 0.717) is 32.5 Å². The number of carbonyl (C=O) groups excluding carboxylic acids is 2. The minimum absolute atomic E-state index is 0.0535. The number of allylic oxidation sites excluding steroid dienone is 1. The van der Waals surface area contributed by atoms with E-state index in [9.17, 15) is 19.8 Å². The Kier molecular flexibility index (Phi) is 8.93. The van der Waals surface area contributed by atoms with Crippen LogP contribution in [-0.4, -0.2) is 54.0 Å². The first-order valence-corrected chi connectivity index (χ1v) is 10.3. The van der Waals surface area contributed by atoms with Gasteiger partial charge in [-0.2, -0.15) is 0 Å². The molecule has 2 aliphatic carbocycles. The molecule has 2 aliphatic rings. The van der Waals surface area contributed by atoms with E-state index in [1.165, 1.54) is 0 Å². The molecule has 154 valence electrons. The molecule has 0 spiro atoms. The molecule has 0 aromatic heterocycles. The minimum atomic E-state index is -0.718. The number of fused-ring (bicyclic) bond motifs is 1. The van der Waals surface area contributed by atoms with E-state index in [2.05, 4.69) is 6.92 Å². The lowest BCUT2D eigenvalue weighted by atomic mass is 9.91. The lowest BCUT2D eigenvalue weighted by molar-refractivity contribution is -0.147. The van der Waals surface area contributed by atoms with Gasteiger partial charge in [-0.25, -0.2) is 4.79 Å². The minimum Gasteiger partial charge on any atom is -0.464 e. The van der Waals surface area contributed by atoms with E-state index >= 15 is 0 Å². The molecule has 0 aromatic carbocycles. The van der Waals surface area contributed by atoms with E-state index in [4.69, 9.17) is 9.47 Å². The van der Waals surface area contributed by atoms with Gasteiger partial charge in [0.2, 0.25) is 0 Å². The summed E-state index contributed by atoms with van der Waals surface area (Å²) in [4.78, 5) is 23.3. The van der Waals surface area contributed by atoms with Crippen molar-refractivity contribution >= 4 is 11.8 Å². The van der Waals surface area contributed by atoms with Crippen molar-refractivity contribution in [1.82, 2.24) is 0 Å². The van der Waals surface area contributed by atoms with Crippen LogP contribution in [-0.2, 0) is 19.1 Å². The van der Waals surface area contributed by atoms with Gasteiger partial charge in [-0.05, 0) is 37.5 Å². The Morgan fingerprint density at radius 2 is 2.04 bits per heavy atom. The zero-order valence-electron chi connectivity index (χ0n) is 16.5. The largest absolute Gasteiger partial charge is 0.464 e. The number of rotatable bonds is 13. The summed E-state index contributed by atoms with van der Waals surface area (Å²) in [5.41, 5.74) is 0. The van der Waals surface area contributed by atoms with E-state index in [1.807, 2.05) is 12.2 Å². The van der Waals surface area contributed by atoms with E-state index in [1.54, 1.807) is 6.92 Å². The summed E-state index contributed by atoms with van der Waals surface area (Å²) in [6, 6.07) is 0. The Morgan fingerprint density at radius 3 is 2.74 bits per heavy atom. The highest BCUT2D eigenvalue weighted by atomic mass is 16.6. The SMILES string of the molecule is CCCCCC(O)C(O)C1C2CC(=O)C(C/C=C\COCC(=O)OCC)C21. The Balaban J connectivity index is 1.71. The van der Waals surface area contributed by atoms with Crippen LogP contribution in [0.3, 0.4) is 0 Å². The van der Waals surface area contributed by atoms with Gasteiger partial charge in [-0.3, -0.25) is 4.79 Å². The summed E-state index contributed by atoms with van der Waals surface area (Å²) in [5, 5.41) is 20.7. The zero-order valence-corrected chi connectivity index (χ0v) is 16.5. The molecule has 0 saturated heterocycles. The number of esters is 1. The van der Waals surface area contributed by atoms with Gasteiger partial charge in [-0.1, -0.05) is 38.3 Å². The van der Waals surface area contributed by atoms with E-state index < -0.39 is 12.2 Å². The van der Waals surface area contributed by atoms with Crippen molar-refractivity contribution in [2.24, 2.45) is 23.7 Å². The van der Waals surface area contributed by atoms with Crippen LogP contribution in [0, 0.1) is 23.7 Å². The molecule has 6 heteroatoms. The molecule has 27 heavy (non-hydrogen) atoms. The molecule has 6 nitrogen and oxygen atoms in total. The fourth-order valence-corrected chi connectivity index (χ4v) is 4.39. The predicted molar refractivity (Wildman–Crippen MR) is 101 cm³/mol. The molecule has 2 fully saturated rings. The van der Waals surface area contributed by atoms with Crippen LogP contribution in [0.15, 0.2) is 12.2 Å². The van der Waals surface area contributed by atoms with Gasteiger partial charge in [0.15, 0.2) is 0 Å². The number of aliphatic hydroxyl groups excluding tert-OH is 2. The quantitative estimate of drug-likeness (QED) is 0.288. The average Bonchev–Trinajstić information content (AvgIpc) is 3.23. The van der Waals surface area contributed by atoms with Crippen LogP contribution >= 0.6 is 0 Å². The molecule has 0 radical (unpaired) electrons. The molecule has 6 atom stereocenters. The normalized spacial score (nSPS) is 29.0. The fraction of sp³-hybridized carbons (Fsp3) is 0.810. The van der Waals surface area contributed by atoms with Crippen LogP contribution in [0.5, 0.6) is 0 Å². The van der Waals surface area contributed by atoms with Crippen LogP contribution in [0.1, 0.15) is 52.4 Å². The highest BCUT2D eigenvalue weighted by Crippen LogP contribution is 2.61. The highest BCUT2D eigenvalue weighted by Gasteiger charge is 2.64. The number of unbranched alkanes of at least 4 members (excludes halogenated alkanes) is 2. The molecule has 0 bridgehead atoms. The first kappa shape index (κ1) is 22.1. The maximum atomic E-state index is 12.2. The number of Topliss-reactive ketones (excluding diaryl/α,β-unsaturated/α-hetero) is 1. The summed E-state index contributed by atoms with van der Waals surface area (Å²) in [6.45, 7) is 4.42. The molecule has 2 N–H and O–H groups in total. The summed E-state index contributed by atoms with van der Waals surface area (Å²) < 4.78 is 9.97. The monoisotopic (exact) mass is 382 g/mol. The number of hydrogen-bond donors (Lipinski definition) is 2. The van der Waals surface area contributed by atoms with Gasteiger partial charge in [0, 0.05) is 12.3 Å². The third-order valence-electron chi connectivity index (χ3n) is 5.80. The van der Waals surface area contributed by atoms with Gasteiger partial charge in [0.05, 0.1) is 25.4 Å². The highest BCUT2D eigenvalue weighted by molar-refractivity contribution is 5.85. The van der Waals surface area contributed by atoms with Gasteiger partial charge < -0.3 is 19.7 Å². The van der Waals surface area contributed by atoms with Gasteiger partial charge in [-0.15, -0.1) is 0 Å². The molecule has 0 amide bonds. The lowest BCUT2D eigenvalue weighted by Crippen LogP contribution is -2.31.